The molecule has 0 N–H and O–H groups in total. The van der Waals surface area contributed by atoms with Gasteiger partial charge in [0.05, 0.1) is 11.0 Å². The molecule has 0 unspecified atom stereocenters. The Hall–Kier alpha value is -8.00. The van der Waals surface area contributed by atoms with Crippen molar-refractivity contribution in [2.45, 2.75) is 75.7 Å². The number of fused-ring (bicyclic) bond motifs is 3. The fourth-order valence-corrected chi connectivity index (χ4v) is 8.72. The predicted molar refractivity (Wildman–Crippen MR) is 322 cm³/mol. The van der Waals surface area contributed by atoms with Crippen LogP contribution < -0.4 is 0 Å². The van der Waals surface area contributed by atoms with Crippen LogP contribution in [0.25, 0.3) is 83.2 Å². The topological polar surface area (TPSA) is 4.93 Å². The van der Waals surface area contributed by atoms with Crippen molar-refractivity contribution in [1.29, 1.82) is 0 Å². The van der Waals surface area contributed by atoms with Crippen LogP contribution in [0.15, 0.2) is 244 Å². The molecule has 0 fully saturated rings. The lowest BCUT2D eigenvalue weighted by Crippen LogP contribution is -1.96. The highest BCUT2D eigenvalue weighted by Crippen LogP contribution is 2.38. The monoisotopic (exact) mass is 942 g/mol. The molecule has 0 atom stereocenters. The second kappa shape index (κ2) is 28.0. The van der Waals surface area contributed by atoms with Gasteiger partial charge in [-0.15, -0.1) is 0 Å². The van der Waals surface area contributed by atoms with E-state index in [2.05, 4.69) is 241 Å². The number of para-hydroxylation sites is 1. The Labute approximate surface area is 433 Å². The van der Waals surface area contributed by atoms with Crippen LogP contribution in [0, 0.1) is 13.8 Å². The molecule has 1 nitrogen and oxygen atoms in total. The van der Waals surface area contributed by atoms with E-state index in [1.165, 1.54) is 94.1 Å². The summed E-state index contributed by atoms with van der Waals surface area (Å²) < 4.78 is 2.30. The van der Waals surface area contributed by atoms with Crippen LogP contribution in [0.3, 0.4) is 0 Å². The van der Waals surface area contributed by atoms with Gasteiger partial charge in [-0.05, 0) is 120 Å². The Morgan fingerprint density at radius 3 is 1.44 bits per heavy atom. The van der Waals surface area contributed by atoms with Gasteiger partial charge in [-0.1, -0.05) is 283 Å². The molecule has 0 aliphatic heterocycles. The van der Waals surface area contributed by atoms with Crippen molar-refractivity contribution in [3.05, 3.63) is 272 Å². The van der Waals surface area contributed by atoms with E-state index < -0.39 is 0 Å². The second-order valence-electron chi connectivity index (χ2n) is 17.4. The highest BCUT2D eigenvalue weighted by molar-refractivity contribution is 6.12. The minimum absolute atomic E-state index is 1.04. The average Bonchev–Trinajstić information content (AvgIpc) is 3.79. The molecule has 0 spiro atoms. The Kier molecular flexibility index (Phi) is 21.4. The van der Waals surface area contributed by atoms with Crippen molar-refractivity contribution in [1.82, 2.24) is 4.57 Å². The molecule has 364 valence electrons. The molecular formula is C71H75N. The number of allylic oxidation sites excluding steroid dienone is 3. The largest absolute Gasteiger partial charge is 0.314 e. The highest BCUT2D eigenvalue weighted by Gasteiger charge is 2.17. The Balaban J connectivity index is 0.000000195. The van der Waals surface area contributed by atoms with E-state index in [1.807, 2.05) is 77.1 Å². The Morgan fingerprint density at radius 2 is 0.889 bits per heavy atom. The third kappa shape index (κ3) is 14.1. The first kappa shape index (κ1) is 54.9. The lowest BCUT2D eigenvalue weighted by atomic mass is 9.93. The maximum atomic E-state index is 4.24. The minimum Gasteiger partial charge on any atom is -0.314 e. The van der Waals surface area contributed by atoms with Crippen LogP contribution in [0.4, 0.5) is 0 Å². The van der Waals surface area contributed by atoms with Gasteiger partial charge >= 0.3 is 0 Å². The number of hydrogen-bond acceptors (Lipinski definition) is 0. The van der Waals surface area contributed by atoms with Gasteiger partial charge < -0.3 is 4.57 Å². The zero-order valence-corrected chi connectivity index (χ0v) is 44.6. The third-order valence-electron chi connectivity index (χ3n) is 12.3. The summed E-state index contributed by atoms with van der Waals surface area (Å²) in [5.41, 5.74) is 22.3. The van der Waals surface area contributed by atoms with E-state index in [9.17, 15) is 0 Å². The van der Waals surface area contributed by atoms with E-state index in [1.54, 1.807) is 0 Å². The van der Waals surface area contributed by atoms with E-state index in [-0.39, 0.29) is 0 Å². The van der Waals surface area contributed by atoms with Crippen LogP contribution >= 0.6 is 0 Å². The van der Waals surface area contributed by atoms with Crippen molar-refractivity contribution >= 4 is 38.6 Å². The second-order valence-corrected chi connectivity index (χ2v) is 17.4. The highest BCUT2D eigenvalue weighted by atomic mass is 15.0. The van der Waals surface area contributed by atoms with E-state index in [0.29, 0.717) is 0 Å². The Bertz CT molecular complexity index is 3280. The number of aromatic nitrogens is 1. The van der Waals surface area contributed by atoms with Gasteiger partial charge in [0, 0.05) is 16.5 Å². The number of aryl methyl sites for hydroxylation is 3. The number of benzene rings is 9. The van der Waals surface area contributed by atoms with Gasteiger partial charge in [0.15, 0.2) is 0 Å². The average molecular weight is 942 g/mol. The maximum absolute atomic E-state index is 4.24. The molecular weight excluding hydrogens is 867 g/mol. The molecule has 1 heterocycles. The molecule has 0 saturated carbocycles. The van der Waals surface area contributed by atoms with Gasteiger partial charge in [-0.2, -0.15) is 0 Å². The van der Waals surface area contributed by atoms with Crippen LogP contribution in [-0.2, 0) is 6.42 Å². The minimum atomic E-state index is 1.04. The molecule has 0 saturated heterocycles. The van der Waals surface area contributed by atoms with E-state index >= 15 is 0 Å². The van der Waals surface area contributed by atoms with Crippen molar-refractivity contribution in [2.75, 3.05) is 0 Å². The molecule has 0 aliphatic carbocycles. The molecule has 0 amide bonds. The standard InChI is InChI=1S/C27H22.C24H23N.C9H10.C7H8.2C2H6/c1-20(2)26-13-6-7-14-27(26)25-12-8-11-24(19-25)23-17-15-22(16-18-23)21-9-4-3-5-10-21;1-5-18-10-6-7-11-20(18)19-14-15-22-21-12-8-9-13-23(21)25(16(2)3)24(22)17(19)4;1-8(2)9-6-4-3-5-7-9;1-7-5-3-2-4-6-7;2*1-2/h3-19H,1H2,2H3;6-15H,2,5H2,1,3-4H3;3-7H,1H2,2H3;2-6H,1H3;2*1-2H3. The van der Waals surface area contributed by atoms with Crippen LogP contribution in [0.2, 0.25) is 0 Å². The maximum Gasteiger partial charge on any atom is 0.0572 e. The number of hydrogen-bond donors (Lipinski definition) is 0. The van der Waals surface area contributed by atoms with Crippen molar-refractivity contribution < 1.29 is 0 Å². The van der Waals surface area contributed by atoms with Crippen LogP contribution in [0.1, 0.15) is 83.2 Å². The third-order valence-corrected chi connectivity index (χ3v) is 12.3. The van der Waals surface area contributed by atoms with Crippen molar-refractivity contribution in [2.24, 2.45) is 0 Å². The van der Waals surface area contributed by atoms with Crippen molar-refractivity contribution in [3.8, 4) is 44.5 Å². The quantitative estimate of drug-likeness (QED) is 0.143. The molecule has 0 bridgehead atoms. The molecule has 72 heavy (non-hydrogen) atoms. The van der Waals surface area contributed by atoms with Gasteiger partial charge in [0.1, 0.15) is 0 Å². The Morgan fingerprint density at radius 1 is 0.403 bits per heavy atom. The number of nitrogens with zero attached hydrogens (tertiary/aromatic N) is 1. The zero-order valence-electron chi connectivity index (χ0n) is 44.6. The fourth-order valence-electron chi connectivity index (χ4n) is 8.72. The van der Waals surface area contributed by atoms with Gasteiger partial charge in [-0.25, -0.2) is 0 Å². The zero-order chi connectivity index (χ0) is 52.0. The first-order valence-electron chi connectivity index (χ1n) is 25.6. The molecule has 0 aliphatic rings. The van der Waals surface area contributed by atoms with Gasteiger partial charge in [0.25, 0.3) is 0 Å². The molecule has 1 heteroatoms. The lowest BCUT2D eigenvalue weighted by Gasteiger charge is -2.14. The lowest BCUT2D eigenvalue weighted by molar-refractivity contribution is 1.14. The van der Waals surface area contributed by atoms with Crippen molar-refractivity contribution in [3.63, 3.8) is 0 Å². The number of rotatable bonds is 8. The molecule has 10 aromatic rings. The molecule has 1 aromatic heterocycles. The summed E-state index contributed by atoms with van der Waals surface area (Å²) in [6, 6.07) is 78.8. The normalized spacial score (nSPS) is 10.0. The SMILES string of the molecule is C=C(C)c1ccccc1.C=C(C)c1ccccc1-c1cccc(-c2ccc(-c3ccccc3)cc2)c1.C=C(C)n1c2ccccc2c2ccc(-c3ccccc3CC)c(C)c21.CC.CC.Cc1ccccc1. The van der Waals surface area contributed by atoms with Gasteiger partial charge in [0.2, 0.25) is 0 Å². The first-order valence-corrected chi connectivity index (χ1v) is 25.6. The summed E-state index contributed by atoms with van der Waals surface area (Å²) >= 11 is 0. The summed E-state index contributed by atoms with van der Waals surface area (Å²) in [6.07, 6.45) is 1.04. The van der Waals surface area contributed by atoms with E-state index in [0.717, 1.165) is 23.3 Å². The predicted octanol–water partition coefficient (Wildman–Crippen LogP) is 21.3. The summed E-state index contributed by atoms with van der Waals surface area (Å²) in [5, 5.41) is 2.59. The summed E-state index contributed by atoms with van der Waals surface area (Å²) in [4.78, 5) is 0. The van der Waals surface area contributed by atoms with Crippen LogP contribution in [-0.4, -0.2) is 4.57 Å². The molecule has 0 radical (unpaired) electrons. The first-order chi connectivity index (χ1) is 35.0. The fraction of sp³-hybridized carbons (Fsp3) is 0.155. The summed E-state index contributed by atoms with van der Waals surface area (Å²) in [5.74, 6) is 0. The van der Waals surface area contributed by atoms with E-state index in [4.69, 9.17) is 0 Å². The van der Waals surface area contributed by atoms with Gasteiger partial charge in [-0.3, -0.25) is 0 Å². The summed E-state index contributed by atoms with van der Waals surface area (Å²) in [7, 11) is 0. The molecule has 10 rings (SSSR count). The molecule has 9 aromatic carbocycles. The smallest absolute Gasteiger partial charge is 0.0572 e. The summed E-state index contributed by atoms with van der Waals surface area (Å²) in [6.45, 7) is 32.9. The van der Waals surface area contributed by atoms with Crippen LogP contribution in [0.5, 0.6) is 0 Å².